The third-order valence-electron chi connectivity index (χ3n) is 5.16. The quantitative estimate of drug-likeness (QED) is 0.798. The fraction of sp³-hybridized carbons (Fsp3) is 0.550. The lowest BCUT2D eigenvalue weighted by Crippen LogP contribution is -2.50. The molecule has 0 unspecified atom stereocenters. The third kappa shape index (κ3) is 4.56. The van der Waals surface area contributed by atoms with Gasteiger partial charge in [0.05, 0.1) is 17.3 Å². The van der Waals surface area contributed by atoms with E-state index >= 15 is 0 Å². The Hall–Kier alpha value is -1.52. The van der Waals surface area contributed by atoms with Crippen LogP contribution in [-0.2, 0) is 4.79 Å². The normalized spacial score (nSPS) is 18.8. The van der Waals surface area contributed by atoms with Crippen LogP contribution in [0.1, 0.15) is 32.6 Å². The minimum absolute atomic E-state index is 0.238. The van der Waals surface area contributed by atoms with Gasteiger partial charge in [0.15, 0.2) is 0 Å². The molecule has 0 atom stereocenters. The number of likely N-dealkylation sites (N-methyl/N-ethyl adjacent to an activating group) is 1. The Morgan fingerprint density at radius 2 is 1.92 bits per heavy atom. The minimum atomic E-state index is 0.238. The van der Waals surface area contributed by atoms with Gasteiger partial charge in [0.2, 0.25) is 5.91 Å². The van der Waals surface area contributed by atoms with Gasteiger partial charge in [-0.3, -0.25) is 9.69 Å². The number of anilines is 1. The third-order valence-corrected chi connectivity index (χ3v) is 5.47. The smallest absolute Gasteiger partial charge is 0.240 e. The van der Waals surface area contributed by atoms with Crippen LogP contribution in [0.2, 0.25) is 5.02 Å². The van der Waals surface area contributed by atoms with Crippen LogP contribution in [-0.4, -0.2) is 55.0 Å². The second-order valence-electron chi connectivity index (χ2n) is 6.79. The number of para-hydroxylation sites is 1. The molecular formula is C20H28ClN3O. The van der Waals surface area contributed by atoms with Gasteiger partial charge in [-0.15, -0.1) is 0 Å². The van der Waals surface area contributed by atoms with Crippen LogP contribution >= 0.6 is 11.6 Å². The van der Waals surface area contributed by atoms with E-state index in [-0.39, 0.29) is 5.91 Å². The highest BCUT2D eigenvalue weighted by atomic mass is 35.5. The summed E-state index contributed by atoms with van der Waals surface area (Å²) in [5, 5.41) is 0.799. The molecule has 0 radical (unpaired) electrons. The lowest BCUT2D eigenvalue weighted by Gasteiger charge is -2.37. The highest BCUT2D eigenvalue weighted by Gasteiger charge is 2.24. The van der Waals surface area contributed by atoms with Crippen molar-refractivity contribution in [3.63, 3.8) is 0 Å². The predicted molar refractivity (Wildman–Crippen MR) is 104 cm³/mol. The molecule has 1 aromatic rings. The molecule has 0 N–H and O–H groups in total. The van der Waals surface area contributed by atoms with E-state index in [1.807, 2.05) is 23.1 Å². The Bertz CT molecular complexity index is 623. The van der Waals surface area contributed by atoms with Crippen molar-refractivity contribution in [1.82, 2.24) is 9.80 Å². The second-order valence-corrected chi connectivity index (χ2v) is 7.20. The van der Waals surface area contributed by atoms with Gasteiger partial charge in [0, 0.05) is 38.4 Å². The number of hydrogen-bond acceptors (Lipinski definition) is 3. The Labute approximate surface area is 156 Å². The lowest BCUT2D eigenvalue weighted by atomic mass is 10.0. The number of halogens is 1. The van der Waals surface area contributed by atoms with E-state index in [2.05, 4.69) is 28.9 Å². The maximum absolute atomic E-state index is 12.8. The molecule has 2 aliphatic rings. The van der Waals surface area contributed by atoms with E-state index in [1.54, 1.807) is 0 Å². The van der Waals surface area contributed by atoms with Crippen LogP contribution < -0.4 is 4.90 Å². The monoisotopic (exact) mass is 361 g/mol. The zero-order chi connectivity index (χ0) is 17.6. The summed E-state index contributed by atoms with van der Waals surface area (Å²) < 4.78 is 0. The average Bonchev–Trinajstić information content (AvgIpc) is 2.64. The molecule has 136 valence electrons. The molecule has 1 heterocycles. The summed E-state index contributed by atoms with van der Waals surface area (Å²) in [7, 11) is 0. The molecule has 1 amide bonds. The van der Waals surface area contributed by atoms with Crippen molar-refractivity contribution in [2.45, 2.75) is 32.6 Å². The molecule has 1 aliphatic heterocycles. The molecule has 3 rings (SSSR count). The SMILES string of the molecule is CCN(C(=O)CN1CCN(c2ccccc2Cl)CC1)C1=CCCCC1. The van der Waals surface area contributed by atoms with Crippen LogP contribution in [0.4, 0.5) is 5.69 Å². The van der Waals surface area contributed by atoms with E-state index in [1.165, 1.54) is 18.5 Å². The van der Waals surface area contributed by atoms with Crippen LogP contribution in [0.25, 0.3) is 0 Å². The largest absolute Gasteiger partial charge is 0.368 e. The first-order valence-corrected chi connectivity index (χ1v) is 9.78. The fourth-order valence-electron chi connectivity index (χ4n) is 3.74. The number of amides is 1. The molecule has 0 aromatic heterocycles. The van der Waals surface area contributed by atoms with E-state index in [4.69, 9.17) is 11.6 Å². The van der Waals surface area contributed by atoms with Crippen LogP contribution in [0, 0.1) is 0 Å². The van der Waals surface area contributed by atoms with Gasteiger partial charge in [-0.25, -0.2) is 0 Å². The Balaban J connectivity index is 1.54. The number of nitrogens with zero attached hydrogens (tertiary/aromatic N) is 3. The summed E-state index contributed by atoms with van der Waals surface area (Å²) in [5.74, 6) is 0.238. The molecule has 1 fully saturated rings. The fourth-order valence-corrected chi connectivity index (χ4v) is 3.99. The van der Waals surface area contributed by atoms with Gasteiger partial charge in [-0.2, -0.15) is 0 Å². The summed E-state index contributed by atoms with van der Waals surface area (Å²) in [6.45, 7) is 6.97. The zero-order valence-corrected chi connectivity index (χ0v) is 15.8. The van der Waals surface area contributed by atoms with Gasteiger partial charge in [-0.05, 0) is 44.7 Å². The summed E-state index contributed by atoms with van der Waals surface area (Å²) in [6, 6.07) is 7.98. The number of allylic oxidation sites excluding steroid dienone is 2. The Morgan fingerprint density at radius 3 is 2.56 bits per heavy atom. The van der Waals surface area contributed by atoms with Crippen molar-refractivity contribution in [3.05, 3.63) is 41.1 Å². The summed E-state index contributed by atoms with van der Waals surface area (Å²) in [5.41, 5.74) is 2.33. The molecule has 0 saturated carbocycles. The summed E-state index contributed by atoms with van der Waals surface area (Å²) >= 11 is 6.30. The standard InChI is InChI=1S/C20H28ClN3O/c1-2-24(17-8-4-3-5-9-17)20(25)16-22-12-14-23(15-13-22)19-11-7-6-10-18(19)21/h6-8,10-11H,2-5,9,12-16H2,1H3. The minimum Gasteiger partial charge on any atom is -0.368 e. The first kappa shape index (κ1) is 18.3. The molecule has 0 spiro atoms. The van der Waals surface area contributed by atoms with Gasteiger partial charge in [0.25, 0.3) is 0 Å². The highest BCUT2D eigenvalue weighted by Crippen LogP contribution is 2.26. The Kier molecular flexibility index (Phi) is 6.38. The predicted octanol–water partition coefficient (Wildman–Crippen LogP) is 3.77. The number of piperazine rings is 1. The van der Waals surface area contributed by atoms with E-state index < -0.39 is 0 Å². The molecular weight excluding hydrogens is 334 g/mol. The maximum Gasteiger partial charge on any atom is 0.240 e. The van der Waals surface area contributed by atoms with Gasteiger partial charge < -0.3 is 9.80 Å². The topological polar surface area (TPSA) is 26.8 Å². The van der Waals surface area contributed by atoms with Gasteiger partial charge in [0.1, 0.15) is 0 Å². The summed E-state index contributed by atoms with van der Waals surface area (Å²) in [4.78, 5) is 19.3. The van der Waals surface area contributed by atoms with Gasteiger partial charge in [-0.1, -0.05) is 29.8 Å². The van der Waals surface area contributed by atoms with E-state index in [9.17, 15) is 4.79 Å². The zero-order valence-electron chi connectivity index (χ0n) is 15.1. The Morgan fingerprint density at radius 1 is 1.16 bits per heavy atom. The second kappa shape index (κ2) is 8.72. The first-order valence-electron chi connectivity index (χ1n) is 9.40. The number of hydrogen-bond donors (Lipinski definition) is 0. The molecule has 4 nitrogen and oxygen atoms in total. The van der Waals surface area contributed by atoms with Crippen molar-refractivity contribution in [2.75, 3.05) is 44.2 Å². The molecule has 5 heteroatoms. The van der Waals surface area contributed by atoms with Gasteiger partial charge >= 0.3 is 0 Å². The van der Waals surface area contributed by atoms with Crippen LogP contribution in [0.15, 0.2) is 36.0 Å². The van der Waals surface area contributed by atoms with E-state index in [0.717, 1.165) is 56.3 Å². The number of rotatable bonds is 5. The highest BCUT2D eigenvalue weighted by molar-refractivity contribution is 6.33. The maximum atomic E-state index is 12.8. The molecule has 1 aliphatic carbocycles. The van der Waals surface area contributed by atoms with E-state index in [0.29, 0.717) is 6.54 Å². The molecule has 1 aromatic carbocycles. The van der Waals surface area contributed by atoms with Crippen molar-refractivity contribution in [2.24, 2.45) is 0 Å². The molecule has 25 heavy (non-hydrogen) atoms. The van der Waals surface area contributed by atoms with Crippen molar-refractivity contribution < 1.29 is 4.79 Å². The van der Waals surface area contributed by atoms with Crippen LogP contribution in [0.3, 0.4) is 0 Å². The number of carbonyl (C=O) groups excluding carboxylic acids is 1. The van der Waals surface area contributed by atoms with Crippen molar-refractivity contribution >= 4 is 23.2 Å². The lowest BCUT2D eigenvalue weighted by molar-refractivity contribution is -0.130. The van der Waals surface area contributed by atoms with Crippen molar-refractivity contribution in [1.29, 1.82) is 0 Å². The van der Waals surface area contributed by atoms with Crippen LogP contribution in [0.5, 0.6) is 0 Å². The first-order chi connectivity index (χ1) is 12.2. The molecule has 0 bridgehead atoms. The molecule has 1 saturated heterocycles. The number of benzene rings is 1. The summed E-state index contributed by atoms with van der Waals surface area (Å²) in [6.07, 6.45) is 6.85. The number of carbonyl (C=O) groups is 1. The van der Waals surface area contributed by atoms with Crippen molar-refractivity contribution in [3.8, 4) is 0 Å². The average molecular weight is 362 g/mol.